The molecule has 0 spiro atoms. The minimum atomic E-state index is -0.410. The first-order valence-electron chi connectivity index (χ1n) is 5.42. The highest BCUT2D eigenvalue weighted by molar-refractivity contribution is 5.96. The van der Waals surface area contributed by atoms with Crippen molar-refractivity contribution in [3.8, 4) is 6.07 Å². The molecule has 5 heteroatoms. The molecule has 0 aromatic carbocycles. The van der Waals surface area contributed by atoms with Gasteiger partial charge in [0.15, 0.2) is 0 Å². The summed E-state index contributed by atoms with van der Waals surface area (Å²) < 4.78 is 5.06. The van der Waals surface area contributed by atoms with Crippen molar-refractivity contribution in [3.05, 3.63) is 35.9 Å². The average Bonchev–Trinajstić information content (AvgIpc) is 2.85. The summed E-state index contributed by atoms with van der Waals surface area (Å²) in [5.41, 5.74) is 0.0602. The van der Waals surface area contributed by atoms with Crippen LogP contribution in [0.1, 0.15) is 19.1 Å². The molecule has 0 aliphatic rings. The number of hydrogen-bond donors (Lipinski definition) is 2. The first-order chi connectivity index (χ1) is 8.27. The number of nitrogens with one attached hydrogen (secondary N) is 2. The van der Waals surface area contributed by atoms with E-state index in [9.17, 15) is 4.79 Å². The molecule has 5 nitrogen and oxygen atoms in total. The molecule has 0 saturated carbocycles. The van der Waals surface area contributed by atoms with Crippen LogP contribution in [0.25, 0.3) is 0 Å². The zero-order valence-corrected chi connectivity index (χ0v) is 9.69. The van der Waals surface area contributed by atoms with Crippen LogP contribution in [-0.2, 0) is 11.3 Å². The van der Waals surface area contributed by atoms with Crippen LogP contribution in [-0.4, -0.2) is 12.5 Å². The Morgan fingerprint density at radius 2 is 2.47 bits per heavy atom. The molecule has 1 aromatic rings. The van der Waals surface area contributed by atoms with E-state index in [1.54, 1.807) is 12.1 Å². The van der Waals surface area contributed by atoms with Gasteiger partial charge in [0.1, 0.15) is 17.4 Å². The maximum atomic E-state index is 11.6. The first-order valence-corrected chi connectivity index (χ1v) is 5.42. The van der Waals surface area contributed by atoms with Crippen molar-refractivity contribution in [2.45, 2.75) is 19.9 Å². The average molecular weight is 233 g/mol. The molecule has 90 valence electrons. The van der Waals surface area contributed by atoms with E-state index in [1.807, 2.05) is 13.0 Å². The molecule has 1 heterocycles. The normalized spacial score (nSPS) is 10.7. The molecule has 0 radical (unpaired) electrons. The highest BCUT2D eigenvalue weighted by Crippen LogP contribution is 1.99. The topological polar surface area (TPSA) is 78.1 Å². The lowest BCUT2D eigenvalue weighted by molar-refractivity contribution is -0.117. The van der Waals surface area contributed by atoms with E-state index in [0.29, 0.717) is 5.76 Å². The maximum Gasteiger partial charge on any atom is 0.263 e. The lowest BCUT2D eigenvalue weighted by Crippen LogP contribution is -2.25. The van der Waals surface area contributed by atoms with Crippen molar-refractivity contribution in [2.75, 3.05) is 6.54 Å². The van der Waals surface area contributed by atoms with Crippen molar-refractivity contribution in [3.63, 3.8) is 0 Å². The van der Waals surface area contributed by atoms with Crippen LogP contribution < -0.4 is 10.6 Å². The fraction of sp³-hybridized carbons (Fsp3) is 0.333. The molecule has 0 bridgehead atoms. The van der Waals surface area contributed by atoms with Crippen LogP contribution in [0.15, 0.2) is 34.6 Å². The summed E-state index contributed by atoms with van der Waals surface area (Å²) in [5, 5.41) is 14.3. The second kappa shape index (κ2) is 7.12. The van der Waals surface area contributed by atoms with Gasteiger partial charge in [-0.05, 0) is 18.6 Å². The molecule has 0 aliphatic carbocycles. The predicted molar refractivity (Wildman–Crippen MR) is 62.5 cm³/mol. The summed E-state index contributed by atoms with van der Waals surface area (Å²) in [4.78, 5) is 11.6. The number of nitrogens with zero attached hydrogens (tertiary/aromatic N) is 1. The molecule has 0 saturated heterocycles. The van der Waals surface area contributed by atoms with Gasteiger partial charge in [-0.1, -0.05) is 6.92 Å². The SMILES string of the molecule is CCCN/C=C(/C#N)C(=O)NCc1ccco1. The summed E-state index contributed by atoms with van der Waals surface area (Å²) in [6.07, 6.45) is 3.90. The Kier molecular flexibility index (Phi) is 5.38. The van der Waals surface area contributed by atoms with Crippen molar-refractivity contribution in [1.82, 2.24) is 10.6 Å². The van der Waals surface area contributed by atoms with E-state index in [1.165, 1.54) is 12.5 Å². The van der Waals surface area contributed by atoms with Crippen molar-refractivity contribution < 1.29 is 9.21 Å². The first kappa shape index (κ1) is 12.8. The van der Waals surface area contributed by atoms with Gasteiger partial charge in [-0.2, -0.15) is 5.26 Å². The second-order valence-electron chi connectivity index (χ2n) is 3.39. The van der Waals surface area contributed by atoms with E-state index in [4.69, 9.17) is 9.68 Å². The van der Waals surface area contributed by atoms with Gasteiger partial charge in [0.05, 0.1) is 12.8 Å². The van der Waals surface area contributed by atoms with E-state index < -0.39 is 5.91 Å². The van der Waals surface area contributed by atoms with Crippen molar-refractivity contribution >= 4 is 5.91 Å². The standard InChI is InChI=1S/C12H15N3O2/c1-2-5-14-8-10(7-13)12(16)15-9-11-4-3-6-17-11/h3-4,6,8,14H,2,5,9H2,1H3,(H,15,16)/b10-8-. The molecule has 1 aromatic heterocycles. The quantitative estimate of drug-likeness (QED) is 0.441. The van der Waals surface area contributed by atoms with Gasteiger partial charge in [-0.3, -0.25) is 4.79 Å². The molecule has 1 amide bonds. The van der Waals surface area contributed by atoms with E-state index >= 15 is 0 Å². The number of amides is 1. The number of carbonyl (C=O) groups excluding carboxylic acids is 1. The zero-order valence-electron chi connectivity index (χ0n) is 9.69. The van der Waals surface area contributed by atoms with Crippen LogP contribution in [0.4, 0.5) is 0 Å². The van der Waals surface area contributed by atoms with Gasteiger partial charge in [0.25, 0.3) is 5.91 Å². The summed E-state index contributed by atoms with van der Waals surface area (Å²) in [7, 11) is 0. The highest BCUT2D eigenvalue weighted by Gasteiger charge is 2.08. The van der Waals surface area contributed by atoms with Crippen LogP contribution in [0.5, 0.6) is 0 Å². The minimum absolute atomic E-state index is 0.0602. The third-order valence-corrected chi connectivity index (χ3v) is 2.01. The van der Waals surface area contributed by atoms with Crippen LogP contribution in [0, 0.1) is 11.3 Å². The van der Waals surface area contributed by atoms with Crippen molar-refractivity contribution in [1.29, 1.82) is 5.26 Å². The minimum Gasteiger partial charge on any atom is -0.467 e. The summed E-state index contributed by atoms with van der Waals surface area (Å²) in [6.45, 7) is 3.01. The van der Waals surface area contributed by atoms with Gasteiger partial charge in [0, 0.05) is 12.7 Å². The number of furan rings is 1. The van der Waals surface area contributed by atoms with Gasteiger partial charge in [-0.15, -0.1) is 0 Å². The molecule has 1 rings (SSSR count). The number of nitriles is 1. The number of rotatable bonds is 6. The monoisotopic (exact) mass is 233 g/mol. The lowest BCUT2D eigenvalue weighted by atomic mass is 10.3. The number of carbonyl (C=O) groups is 1. The molecule has 0 atom stereocenters. The highest BCUT2D eigenvalue weighted by atomic mass is 16.3. The number of hydrogen-bond acceptors (Lipinski definition) is 4. The maximum absolute atomic E-state index is 11.6. The Bertz CT molecular complexity index is 415. The van der Waals surface area contributed by atoms with Gasteiger partial charge < -0.3 is 15.1 Å². The fourth-order valence-corrected chi connectivity index (χ4v) is 1.14. The smallest absolute Gasteiger partial charge is 0.263 e. The lowest BCUT2D eigenvalue weighted by Gasteiger charge is -2.02. The Labute approximate surface area is 100 Å². The van der Waals surface area contributed by atoms with E-state index in [0.717, 1.165) is 13.0 Å². The van der Waals surface area contributed by atoms with Gasteiger partial charge >= 0.3 is 0 Å². The molecule has 2 N–H and O–H groups in total. The summed E-state index contributed by atoms with van der Waals surface area (Å²) >= 11 is 0. The second-order valence-corrected chi connectivity index (χ2v) is 3.39. The summed E-state index contributed by atoms with van der Waals surface area (Å²) in [5.74, 6) is 0.240. The van der Waals surface area contributed by atoms with Gasteiger partial charge in [0.2, 0.25) is 0 Å². The molecule has 17 heavy (non-hydrogen) atoms. The molecule has 0 aliphatic heterocycles. The van der Waals surface area contributed by atoms with Crippen LogP contribution in [0.2, 0.25) is 0 Å². The third-order valence-electron chi connectivity index (χ3n) is 2.01. The van der Waals surface area contributed by atoms with Crippen LogP contribution >= 0.6 is 0 Å². The van der Waals surface area contributed by atoms with E-state index in [2.05, 4.69) is 10.6 Å². The fourth-order valence-electron chi connectivity index (χ4n) is 1.14. The van der Waals surface area contributed by atoms with E-state index in [-0.39, 0.29) is 12.1 Å². The summed E-state index contributed by atoms with van der Waals surface area (Å²) in [6, 6.07) is 5.34. The molecule has 0 fully saturated rings. The van der Waals surface area contributed by atoms with Gasteiger partial charge in [-0.25, -0.2) is 0 Å². The largest absolute Gasteiger partial charge is 0.467 e. The van der Waals surface area contributed by atoms with Crippen molar-refractivity contribution in [2.24, 2.45) is 0 Å². The molecular weight excluding hydrogens is 218 g/mol. The Balaban J connectivity index is 2.44. The Morgan fingerprint density at radius 3 is 3.06 bits per heavy atom. The zero-order chi connectivity index (χ0) is 12.5. The Morgan fingerprint density at radius 1 is 1.65 bits per heavy atom. The third kappa shape index (κ3) is 4.43. The van der Waals surface area contributed by atoms with Crippen LogP contribution in [0.3, 0.4) is 0 Å². The predicted octanol–water partition coefficient (Wildman–Crippen LogP) is 1.30. The molecule has 0 unspecified atom stereocenters. The Hall–Kier alpha value is -2.22. The molecular formula is C12H15N3O2.